The van der Waals surface area contributed by atoms with Crippen molar-refractivity contribution in [2.45, 2.75) is 46.2 Å². The molecule has 0 aromatic rings. The molecule has 0 amide bonds. The first kappa shape index (κ1) is 15.9. The quantitative estimate of drug-likeness (QED) is 0.655. The van der Waals surface area contributed by atoms with E-state index in [0.29, 0.717) is 12.1 Å². The third-order valence-electron chi connectivity index (χ3n) is 2.80. The molecular formula is C13H30N2O. The topological polar surface area (TPSA) is 24.5 Å². The predicted octanol–water partition coefficient (Wildman–Crippen LogP) is 1.98. The van der Waals surface area contributed by atoms with Gasteiger partial charge in [-0.25, -0.2) is 0 Å². The Balaban J connectivity index is 3.96. The van der Waals surface area contributed by atoms with Crippen molar-refractivity contribution in [1.29, 1.82) is 0 Å². The monoisotopic (exact) mass is 230 g/mol. The summed E-state index contributed by atoms with van der Waals surface area (Å²) in [6.45, 7) is 11.8. The minimum Gasteiger partial charge on any atom is -0.383 e. The number of likely N-dealkylation sites (N-methyl/N-ethyl adjacent to an activating group) is 1. The molecule has 1 atom stereocenters. The van der Waals surface area contributed by atoms with Crippen LogP contribution in [0.25, 0.3) is 0 Å². The Morgan fingerprint density at radius 1 is 1.19 bits per heavy atom. The van der Waals surface area contributed by atoms with Gasteiger partial charge >= 0.3 is 0 Å². The molecule has 0 spiro atoms. The maximum absolute atomic E-state index is 5.28. The zero-order chi connectivity index (χ0) is 12.6. The minimum atomic E-state index is 0.478. The highest BCUT2D eigenvalue weighted by molar-refractivity contribution is 4.72. The zero-order valence-corrected chi connectivity index (χ0v) is 11.9. The summed E-state index contributed by atoms with van der Waals surface area (Å²) in [5.41, 5.74) is 0. The molecule has 0 aliphatic carbocycles. The summed E-state index contributed by atoms with van der Waals surface area (Å²) in [5.74, 6) is 0.767. The van der Waals surface area contributed by atoms with E-state index in [4.69, 9.17) is 4.74 Å². The van der Waals surface area contributed by atoms with Gasteiger partial charge in [0.05, 0.1) is 6.61 Å². The third kappa shape index (κ3) is 8.08. The van der Waals surface area contributed by atoms with Crippen molar-refractivity contribution < 1.29 is 4.74 Å². The minimum absolute atomic E-state index is 0.478. The molecule has 0 heterocycles. The molecule has 0 aromatic carbocycles. The number of rotatable bonds is 9. The number of ether oxygens (including phenoxy) is 1. The van der Waals surface area contributed by atoms with Crippen LogP contribution in [-0.2, 0) is 4.74 Å². The van der Waals surface area contributed by atoms with Crippen LogP contribution < -0.4 is 5.32 Å². The molecule has 0 saturated carbocycles. The van der Waals surface area contributed by atoms with E-state index < -0.39 is 0 Å². The second-order valence-corrected chi connectivity index (χ2v) is 5.34. The Morgan fingerprint density at radius 2 is 1.81 bits per heavy atom. The van der Waals surface area contributed by atoms with Gasteiger partial charge in [0.15, 0.2) is 0 Å². The normalized spacial score (nSPS) is 14.1. The van der Waals surface area contributed by atoms with Crippen molar-refractivity contribution in [2.24, 2.45) is 5.92 Å². The highest BCUT2D eigenvalue weighted by Gasteiger charge is 2.14. The Labute approximate surface area is 102 Å². The van der Waals surface area contributed by atoms with Gasteiger partial charge in [-0.1, -0.05) is 27.7 Å². The molecule has 3 nitrogen and oxygen atoms in total. The molecule has 3 heteroatoms. The van der Waals surface area contributed by atoms with Crippen LogP contribution in [0.15, 0.2) is 0 Å². The summed E-state index contributed by atoms with van der Waals surface area (Å²) in [6, 6.07) is 1.02. The van der Waals surface area contributed by atoms with Crippen LogP contribution in [0.1, 0.15) is 34.1 Å². The summed E-state index contributed by atoms with van der Waals surface area (Å²) in [4.78, 5) is 2.40. The van der Waals surface area contributed by atoms with Crippen LogP contribution in [0.5, 0.6) is 0 Å². The average Bonchev–Trinajstić information content (AvgIpc) is 2.20. The van der Waals surface area contributed by atoms with Crippen LogP contribution in [0.2, 0.25) is 0 Å². The smallest absolute Gasteiger partial charge is 0.0630 e. The largest absolute Gasteiger partial charge is 0.383 e. The molecule has 0 radical (unpaired) electrons. The van der Waals surface area contributed by atoms with Gasteiger partial charge in [0.2, 0.25) is 0 Å². The van der Waals surface area contributed by atoms with Crippen LogP contribution in [0.4, 0.5) is 0 Å². The lowest BCUT2D eigenvalue weighted by atomic mass is 10.1. The van der Waals surface area contributed by atoms with E-state index in [0.717, 1.165) is 25.6 Å². The van der Waals surface area contributed by atoms with E-state index in [1.54, 1.807) is 7.11 Å². The van der Waals surface area contributed by atoms with Gasteiger partial charge in [-0.15, -0.1) is 0 Å². The predicted molar refractivity (Wildman–Crippen MR) is 70.9 cm³/mol. The van der Waals surface area contributed by atoms with Gasteiger partial charge in [0.1, 0.15) is 0 Å². The van der Waals surface area contributed by atoms with Gasteiger partial charge in [0, 0.05) is 25.7 Å². The van der Waals surface area contributed by atoms with Crippen LogP contribution in [-0.4, -0.2) is 50.8 Å². The molecular weight excluding hydrogens is 200 g/mol. The summed E-state index contributed by atoms with van der Waals surface area (Å²) in [7, 11) is 3.97. The van der Waals surface area contributed by atoms with E-state index in [1.165, 1.54) is 6.42 Å². The van der Waals surface area contributed by atoms with Crippen molar-refractivity contribution in [2.75, 3.05) is 33.9 Å². The lowest BCUT2D eigenvalue weighted by Crippen LogP contribution is -2.45. The molecule has 98 valence electrons. The van der Waals surface area contributed by atoms with Crippen LogP contribution >= 0.6 is 0 Å². The fourth-order valence-corrected chi connectivity index (χ4v) is 1.55. The molecule has 0 aromatic heterocycles. The summed E-state index contributed by atoms with van der Waals surface area (Å²) < 4.78 is 5.28. The first-order valence-electron chi connectivity index (χ1n) is 6.39. The number of hydrogen-bond donors (Lipinski definition) is 1. The van der Waals surface area contributed by atoms with Gasteiger partial charge in [-0.2, -0.15) is 0 Å². The van der Waals surface area contributed by atoms with Crippen molar-refractivity contribution in [3.63, 3.8) is 0 Å². The maximum atomic E-state index is 5.28. The first-order valence-corrected chi connectivity index (χ1v) is 6.39. The Bertz CT molecular complexity index is 160. The fourth-order valence-electron chi connectivity index (χ4n) is 1.55. The molecule has 1 unspecified atom stereocenters. The number of nitrogens with zero attached hydrogens (tertiary/aromatic N) is 1. The van der Waals surface area contributed by atoms with Crippen LogP contribution in [0.3, 0.4) is 0 Å². The summed E-state index contributed by atoms with van der Waals surface area (Å²) in [6.07, 6.45) is 1.25. The Morgan fingerprint density at radius 3 is 2.25 bits per heavy atom. The van der Waals surface area contributed by atoms with E-state index in [9.17, 15) is 0 Å². The standard InChI is InChI=1S/C13H30N2O/c1-11(2)7-8-15(5)13(10-16-6)9-14-12(3)4/h11-14H,7-10H2,1-6H3. The fraction of sp³-hybridized carbons (Fsp3) is 1.00. The van der Waals surface area contributed by atoms with E-state index in [-0.39, 0.29) is 0 Å². The molecule has 0 saturated heterocycles. The van der Waals surface area contributed by atoms with Crippen LogP contribution in [0, 0.1) is 5.92 Å². The second-order valence-electron chi connectivity index (χ2n) is 5.34. The zero-order valence-electron chi connectivity index (χ0n) is 11.9. The van der Waals surface area contributed by atoms with Gasteiger partial charge in [0.25, 0.3) is 0 Å². The highest BCUT2D eigenvalue weighted by atomic mass is 16.5. The SMILES string of the molecule is COCC(CNC(C)C)N(C)CCC(C)C. The average molecular weight is 230 g/mol. The molecule has 0 bridgehead atoms. The molecule has 0 rings (SSSR count). The van der Waals surface area contributed by atoms with Gasteiger partial charge in [-0.05, 0) is 25.9 Å². The van der Waals surface area contributed by atoms with Gasteiger partial charge in [-0.3, -0.25) is 4.90 Å². The molecule has 0 aliphatic heterocycles. The molecule has 0 fully saturated rings. The Hall–Kier alpha value is -0.120. The third-order valence-corrected chi connectivity index (χ3v) is 2.80. The second kappa shape index (κ2) is 8.97. The lowest BCUT2D eigenvalue weighted by molar-refractivity contribution is 0.101. The van der Waals surface area contributed by atoms with E-state index in [1.807, 2.05) is 0 Å². The van der Waals surface area contributed by atoms with E-state index >= 15 is 0 Å². The highest BCUT2D eigenvalue weighted by Crippen LogP contribution is 2.04. The van der Waals surface area contributed by atoms with Crippen molar-refractivity contribution in [3.8, 4) is 0 Å². The van der Waals surface area contributed by atoms with Crippen molar-refractivity contribution in [3.05, 3.63) is 0 Å². The molecule has 1 N–H and O–H groups in total. The first-order chi connectivity index (χ1) is 7.47. The summed E-state index contributed by atoms with van der Waals surface area (Å²) in [5, 5.41) is 3.48. The Kier molecular flexibility index (Phi) is 8.90. The van der Waals surface area contributed by atoms with Gasteiger partial charge < -0.3 is 10.1 Å². The molecule has 16 heavy (non-hydrogen) atoms. The lowest BCUT2D eigenvalue weighted by Gasteiger charge is -2.29. The summed E-state index contributed by atoms with van der Waals surface area (Å²) >= 11 is 0. The number of methoxy groups -OCH3 is 1. The maximum Gasteiger partial charge on any atom is 0.0630 e. The van der Waals surface area contributed by atoms with Crippen molar-refractivity contribution in [1.82, 2.24) is 10.2 Å². The number of hydrogen-bond acceptors (Lipinski definition) is 3. The van der Waals surface area contributed by atoms with E-state index in [2.05, 4.69) is 45.0 Å². The van der Waals surface area contributed by atoms with Crippen molar-refractivity contribution >= 4 is 0 Å². The molecule has 0 aliphatic rings. The number of nitrogens with one attached hydrogen (secondary N) is 1.